The number of hydrogen-bond donors (Lipinski definition) is 1. The molecule has 1 saturated carbocycles. The molecule has 1 amide bonds. The maximum atomic E-state index is 12.5. The fraction of sp³-hybridized carbons (Fsp3) is 0.409. The lowest BCUT2D eigenvalue weighted by atomic mass is 10.00. The Labute approximate surface area is 179 Å². The summed E-state index contributed by atoms with van der Waals surface area (Å²) in [6.07, 6.45) is 5.00. The summed E-state index contributed by atoms with van der Waals surface area (Å²) in [6.45, 7) is 4.09. The van der Waals surface area contributed by atoms with Gasteiger partial charge in [-0.1, -0.05) is 47.0 Å². The number of hydrogen-bond acceptors (Lipinski definition) is 3. The Hall–Kier alpha value is -0.910. The van der Waals surface area contributed by atoms with E-state index in [-0.39, 0.29) is 5.91 Å². The Morgan fingerprint density at radius 2 is 1.67 bits per heavy atom. The van der Waals surface area contributed by atoms with Gasteiger partial charge in [0.2, 0.25) is 5.91 Å². The number of halogens is 1. The number of nitrogens with one attached hydrogen (secondary N) is 1. The molecule has 0 heterocycles. The summed E-state index contributed by atoms with van der Waals surface area (Å²) in [5, 5.41) is 4.24. The molecule has 0 bridgehead atoms. The van der Waals surface area contributed by atoms with Gasteiger partial charge in [0.05, 0.1) is 5.75 Å². The Balaban J connectivity index is 1.56. The molecule has 1 fully saturated rings. The molecular formula is C22H26BrNOS2. The molecule has 144 valence electrons. The van der Waals surface area contributed by atoms with E-state index in [1.165, 1.54) is 30.6 Å². The van der Waals surface area contributed by atoms with Gasteiger partial charge in [0.1, 0.15) is 0 Å². The van der Waals surface area contributed by atoms with Crippen molar-refractivity contribution in [2.75, 3.05) is 11.1 Å². The Kier molecular flexibility index (Phi) is 7.74. The molecule has 2 nitrogen and oxygen atoms in total. The van der Waals surface area contributed by atoms with Crippen LogP contribution in [-0.4, -0.2) is 22.2 Å². The molecular weight excluding hydrogens is 438 g/mol. The molecule has 3 rings (SSSR count). The minimum Gasteiger partial charge on any atom is -0.325 e. The van der Waals surface area contributed by atoms with Gasteiger partial charge in [-0.05, 0) is 62.1 Å². The Bertz CT molecular complexity index is 758. The normalized spacial score (nSPS) is 19.7. The first-order valence-corrected chi connectivity index (χ1v) is 12.1. The number of thioether (sulfide) groups is 2. The summed E-state index contributed by atoms with van der Waals surface area (Å²) in [5.41, 5.74) is 3.21. The van der Waals surface area contributed by atoms with Crippen molar-refractivity contribution >= 4 is 51.0 Å². The quantitative estimate of drug-likeness (QED) is 0.507. The average molecular weight is 464 g/mol. The molecule has 27 heavy (non-hydrogen) atoms. The second-order valence-electron chi connectivity index (χ2n) is 7.06. The number of aryl methyl sites for hydroxylation is 2. The molecule has 1 aliphatic rings. The lowest BCUT2D eigenvalue weighted by Crippen LogP contribution is -2.27. The van der Waals surface area contributed by atoms with Gasteiger partial charge in [-0.3, -0.25) is 4.79 Å². The zero-order valence-electron chi connectivity index (χ0n) is 15.8. The van der Waals surface area contributed by atoms with Crippen molar-refractivity contribution in [3.63, 3.8) is 0 Å². The third-order valence-electron chi connectivity index (χ3n) is 4.92. The van der Waals surface area contributed by atoms with Gasteiger partial charge in [-0.2, -0.15) is 0 Å². The topological polar surface area (TPSA) is 29.1 Å². The summed E-state index contributed by atoms with van der Waals surface area (Å²) in [7, 11) is 0. The number of rotatable bonds is 6. The van der Waals surface area contributed by atoms with Crippen LogP contribution in [0.5, 0.6) is 0 Å². The highest BCUT2D eigenvalue weighted by Crippen LogP contribution is 2.39. The molecule has 0 aliphatic heterocycles. The zero-order chi connectivity index (χ0) is 19.2. The van der Waals surface area contributed by atoms with Crippen molar-refractivity contribution in [2.45, 2.75) is 54.9 Å². The highest BCUT2D eigenvalue weighted by Gasteiger charge is 2.27. The molecule has 1 N–H and O–H groups in total. The zero-order valence-corrected chi connectivity index (χ0v) is 19.1. The van der Waals surface area contributed by atoms with E-state index in [0.717, 1.165) is 21.3 Å². The van der Waals surface area contributed by atoms with Crippen LogP contribution in [0.25, 0.3) is 0 Å². The third kappa shape index (κ3) is 6.03. The minimum atomic E-state index is 0.107. The Morgan fingerprint density at radius 1 is 1.04 bits per heavy atom. The summed E-state index contributed by atoms with van der Waals surface area (Å²) >= 11 is 7.30. The molecule has 5 heteroatoms. The van der Waals surface area contributed by atoms with Crippen LogP contribution in [0.1, 0.15) is 36.8 Å². The van der Waals surface area contributed by atoms with E-state index >= 15 is 0 Å². The van der Waals surface area contributed by atoms with Crippen LogP contribution in [-0.2, 0) is 4.79 Å². The van der Waals surface area contributed by atoms with Crippen LogP contribution < -0.4 is 5.32 Å². The van der Waals surface area contributed by atoms with E-state index in [1.54, 1.807) is 0 Å². The van der Waals surface area contributed by atoms with Crippen LogP contribution in [0.4, 0.5) is 5.69 Å². The number of benzene rings is 2. The standard InChI is InChI=1S/C22H26BrNOS2/c1-15-6-5-7-16(2)22(15)24-21(25)14-26-19-8-3-4-9-20(19)27-18-12-10-17(23)11-13-18/h5-7,10-13,19-20H,3-4,8-9,14H2,1-2H3,(H,24,25)/t19-,20-/m1/s1. The van der Waals surface area contributed by atoms with E-state index in [9.17, 15) is 4.79 Å². The molecule has 0 spiro atoms. The molecule has 2 aromatic carbocycles. The van der Waals surface area contributed by atoms with E-state index in [0.29, 0.717) is 16.3 Å². The maximum absolute atomic E-state index is 12.5. The summed E-state index contributed by atoms with van der Waals surface area (Å²) in [4.78, 5) is 13.8. The van der Waals surface area contributed by atoms with Crippen molar-refractivity contribution in [1.82, 2.24) is 0 Å². The van der Waals surface area contributed by atoms with Crippen molar-refractivity contribution in [3.05, 3.63) is 58.1 Å². The summed E-state index contributed by atoms with van der Waals surface area (Å²) in [6, 6.07) is 14.7. The van der Waals surface area contributed by atoms with Crippen molar-refractivity contribution in [2.24, 2.45) is 0 Å². The lowest BCUT2D eigenvalue weighted by molar-refractivity contribution is -0.113. The highest BCUT2D eigenvalue weighted by atomic mass is 79.9. The van der Waals surface area contributed by atoms with Crippen molar-refractivity contribution in [3.8, 4) is 0 Å². The first-order valence-electron chi connectivity index (χ1n) is 9.43. The molecule has 1 aliphatic carbocycles. The van der Waals surface area contributed by atoms with E-state index in [4.69, 9.17) is 0 Å². The van der Waals surface area contributed by atoms with Gasteiger partial charge in [0, 0.05) is 25.6 Å². The largest absolute Gasteiger partial charge is 0.325 e. The molecule has 0 saturated heterocycles. The van der Waals surface area contributed by atoms with Crippen LogP contribution in [0, 0.1) is 13.8 Å². The van der Waals surface area contributed by atoms with Crippen molar-refractivity contribution < 1.29 is 4.79 Å². The van der Waals surface area contributed by atoms with E-state index in [2.05, 4.69) is 45.5 Å². The average Bonchev–Trinajstić information content (AvgIpc) is 2.66. The van der Waals surface area contributed by atoms with Crippen molar-refractivity contribution in [1.29, 1.82) is 0 Å². The first kappa shape index (κ1) is 20.8. The van der Waals surface area contributed by atoms with Crippen LogP contribution in [0.15, 0.2) is 51.8 Å². The number of anilines is 1. The van der Waals surface area contributed by atoms with E-state index < -0.39 is 0 Å². The lowest BCUT2D eigenvalue weighted by Gasteiger charge is -2.30. The molecule has 0 aromatic heterocycles. The summed E-state index contributed by atoms with van der Waals surface area (Å²) < 4.78 is 1.12. The monoisotopic (exact) mass is 463 g/mol. The smallest absolute Gasteiger partial charge is 0.234 e. The first-order chi connectivity index (χ1) is 13.0. The second kappa shape index (κ2) is 10.0. The fourth-order valence-corrected chi connectivity index (χ4v) is 6.45. The molecule has 0 radical (unpaired) electrons. The minimum absolute atomic E-state index is 0.107. The maximum Gasteiger partial charge on any atom is 0.234 e. The summed E-state index contributed by atoms with van der Waals surface area (Å²) in [5.74, 6) is 0.630. The SMILES string of the molecule is Cc1cccc(C)c1NC(=O)CS[C@@H]1CCCC[C@H]1Sc1ccc(Br)cc1. The third-order valence-corrected chi connectivity index (χ3v) is 8.45. The van der Waals surface area contributed by atoms with Gasteiger partial charge >= 0.3 is 0 Å². The van der Waals surface area contributed by atoms with E-state index in [1.807, 2.05) is 55.6 Å². The second-order valence-corrected chi connectivity index (χ2v) is 10.5. The molecule has 2 atom stereocenters. The fourth-order valence-electron chi connectivity index (χ4n) is 3.45. The number of amides is 1. The predicted octanol–water partition coefficient (Wildman–Crippen LogP) is 6.84. The van der Waals surface area contributed by atoms with Crippen LogP contribution in [0.3, 0.4) is 0 Å². The Morgan fingerprint density at radius 3 is 2.33 bits per heavy atom. The number of carbonyl (C=O) groups is 1. The number of para-hydroxylation sites is 1. The van der Waals surface area contributed by atoms with Crippen LogP contribution in [0.2, 0.25) is 0 Å². The van der Waals surface area contributed by atoms with Gasteiger partial charge in [-0.25, -0.2) is 0 Å². The van der Waals surface area contributed by atoms with Gasteiger partial charge in [0.25, 0.3) is 0 Å². The molecule has 0 unspecified atom stereocenters. The number of carbonyl (C=O) groups excluding carboxylic acids is 1. The van der Waals surface area contributed by atoms with Gasteiger partial charge in [-0.15, -0.1) is 23.5 Å². The highest BCUT2D eigenvalue weighted by molar-refractivity contribution is 9.10. The van der Waals surface area contributed by atoms with Crippen LogP contribution >= 0.6 is 39.5 Å². The van der Waals surface area contributed by atoms with Gasteiger partial charge in [0.15, 0.2) is 0 Å². The predicted molar refractivity (Wildman–Crippen MR) is 123 cm³/mol. The van der Waals surface area contributed by atoms with Gasteiger partial charge < -0.3 is 5.32 Å². The molecule has 2 aromatic rings.